The molecule has 1 heterocycles. The number of alkyl halides is 3. The predicted molar refractivity (Wildman–Crippen MR) is 73.6 cm³/mol. The smallest absolute Gasteiger partial charge is 0.428 e. The molecular weight excluding hydrogens is 299 g/mol. The van der Waals surface area contributed by atoms with Crippen LogP contribution in [0.15, 0.2) is 28.7 Å². The van der Waals surface area contributed by atoms with Crippen LogP contribution in [0.1, 0.15) is 29.9 Å². The first-order valence-electron chi connectivity index (χ1n) is 6.39. The van der Waals surface area contributed by atoms with Crippen LogP contribution >= 0.6 is 0 Å². The largest absolute Gasteiger partial charge is 0.436 e. The summed E-state index contributed by atoms with van der Waals surface area (Å²) >= 11 is 0. The molecule has 0 aliphatic carbocycles. The van der Waals surface area contributed by atoms with Gasteiger partial charge in [-0.1, -0.05) is 12.1 Å². The number of rotatable bonds is 4. The van der Waals surface area contributed by atoms with Crippen LogP contribution in [0.5, 0.6) is 0 Å². The zero-order valence-corrected chi connectivity index (χ0v) is 11.9. The van der Waals surface area contributed by atoms with Crippen molar-refractivity contribution in [1.29, 1.82) is 0 Å². The number of carbonyl (C=O) groups excluding carboxylic acids is 1. The Morgan fingerprint density at radius 3 is 2.36 bits per heavy atom. The molecule has 0 aliphatic heterocycles. The average molecular weight is 313 g/mol. The van der Waals surface area contributed by atoms with E-state index in [1.54, 1.807) is 31.2 Å². The van der Waals surface area contributed by atoms with Gasteiger partial charge in [-0.3, -0.25) is 4.79 Å². The van der Waals surface area contributed by atoms with Crippen molar-refractivity contribution in [3.05, 3.63) is 41.3 Å². The molecule has 118 valence electrons. The van der Waals surface area contributed by atoms with Crippen LogP contribution in [0.2, 0.25) is 0 Å². The highest BCUT2D eigenvalue weighted by atomic mass is 19.4. The van der Waals surface area contributed by atoms with E-state index in [1.807, 2.05) is 0 Å². The van der Waals surface area contributed by atoms with E-state index in [2.05, 4.69) is 10.3 Å². The van der Waals surface area contributed by atoms with Crippen LogP contribution in [0, 0.1) is 6.92 Å². The third kappa shape index (κ3) is 3.38. The lowest BCUT2D eigenvalue weighted by Gasteiger charge is -2.08. The van der Waals surface area contributed by atoms with Gasteiger partial charge >= 0.3 is 6.18 Å². The van der Waals surface area contributed by atoms with Gasteiger partial charge in [0.25, 0.3) is 6.01 Å². The van der Waals surface area contributed by atoms with Crippen LogP contribution in [-0.4, -0.2) is 10.9 Å². The minimum Gasteiger partial charge on any atom is -0.428 e. The number of hydrogen-bond donors (Lipinski definition) is 2. The van der Waals surface area contributed by atoms with Gasteiger partial charge in [0.05, 0.1) is 5.92 Å². The SMILES string of the molecule is Cc1oc(Nc2ccc([C@H](C)C(N)=O)cc2)nc1C(F)(F)F. The minimum absolute atomic E-state index is 0.250. The van der Waals surface area contributed by atoms with Gasteiger partial charge < -0.3 is 15.5 Å². The first kappa shape index (κ1) is 15.9. The molecule has 1 amide bonds. The van der Waals surface area contributed by atoms with E-state index in [0.717, 1.165) is 0 Å². The van der Waals surface area contributed by atoms with Gasteiger partial charge in [0.2, 0.25) is 5.91 Å². The first-order valence-corrected chi connectivity index (χ1v) is 6.39. The van der Waals surface area contributed by atoms with Gasteiger partial charge in [-0.15, -0.1) is 0 Å². The lowest BCUT2D eigenvalue weighted by atomic mass is 10.0. The number of nitrogens with one attached hydrogen (secondary N) is 1. The highest BCUT2D eigenvalue weighted by Gasteiger charge is 2.37. The summed E-state index contributed by atoms with van der Waals surface area (Å²) in [6, 6.07) is 6.25. The highest BCUT2D eigenvalue weighted by molar-refractivity contribution is 5.81. The summed E-state index contributed by atoms with van der Waals surface area (Å²) in [6.45, 7) is 2.86. The van der Waals surface area contributed by atoms with Crippen molar-refractivity contribution < 1.29 is 22.4 Å². The molecule has 0 aliphatic rings. The van der Waals surface area contributed by atoms with Gasteiger partial charge in [-0.05, 0) is 31.5 Å². The van der Waals surface area contributed by atoms with Crippen LogP contribution in [0.4, 0.5) is 24.9 Å². The summed E-state index contributed by atoms with van der Waals surface area (Å²) in [5.41, 5.74) is 5.33. The first-order chi connectivity index (χ1) is 10.2. The average Bonchev–Trinajstić information content (AvgIpc) is 2.79. The molecule has 0 saturated heterocycles. The fraction of sp³-hybridized carbons (Fsp3) is 0.286. The topological polar surface area (TPSA) is 81.1 Å². The molecule has 1 aromatic carbocycles. The molecule has 0 fully saturated rings. The molecule has 8 heteroatoms. The van der Waals surface area contributed by atoms with E-state index >= 15 is 0 Å². The Bertz CT molecular complexity index is 678. The summed E-state index contributed by atoms with van der Waals surface area (Å²) < 4.78 is 42.8. The van der Waals surface area contributed by atoms with Crippen LogP contribution < -0.4 is 11.1 Å². The number of halogens is 3. The Labute approximate surface area is 124 Å². The number of anilines is 2. The van der Waals surface area contributed by atoms with Gasteiger partial charge in [0.15, 0.2) is 5.69 Å². The molecule has 22 heavy (non-hydrogen) atoms. The van der Waals surface area contributed by atoms with Crippen LogP contribution in [0.3, 0.4) is 0 Å². The van der Waals surface area contributed by atoms with Crippen molar-refractivity contribution in [1.82, 2.24) is 4.98 Å². The Morgan fingerprint density at radius 2 is 1.91 bits per heavy atom. The van der Waals surface area contributed by atoms with Crippen molar-refractivity contribution in [3.63, 3.8) is 0 Å². The molecule has 0 spiro atoms. The number of oxazole rings is 1. The standard InChI is InChI=1S/C14H14F3N3O2/c1-7(12(18)21)9-3-5-10(6-4-9)19-13-20-11(8(2)22-13)14(15,16)17/h3-7H,1-2H3,(H2,18,21)(H,19,20)/t7-/m0/s1. The van der Waals surface area contributed by atoms with Crippen LogP contribution in [-0.2, 0) is 11.0 Å². The number of aryl methyl sites for hydroxylation is 1. The van der Waals surface area contributed by atoms with E-state index < -0.39 is 23.7 Å². The maximum Gasteiger partial charge on any atom is 0.436 e. The van der Waals surface area contributed by atoms with Crippen molar-refractivity contribution >= 4 is 17.6 Å². The van der Waals surface area contributed by atoms with E-state index in [1.165, 1.54) is 6.92 Å². The highest BCUT2D eigenvalue weighted by Crippen LogP contribution is 2.33. The fourth-order valence-corrected chi connectivity index (χ4v) is 1.86. The van der Waals surface area contributed by atoms with E-state index in [4.69, 9.17) is 10.2 Å². The monoisotopic (exact) mass is 313 g/mol. The van der Waals surface area contributed by atoms with Gasteiger partial charge in [0, 0.05) is 5.69 Å². The molecule has 2 rings (SSSR count). The number of primary amides is 1. The quantitative estimate of drug-likeness (QED) is 0.907. The number of nitrogens with two attached hydrogens (primary N) is 1. The number of aromatic nitrogens is 1. The number of carbonyl (C=O) groups is 1. The fourth-order valence-electron chi connectivity index (χ4n) is 1.86. The number of nitrogens with zero attached hydrogens (tertiary/aromatic N) is 1. The maximum atomic E-state index is 12.6. The van der Waals surface area contributed by atoms with E-state index in [9.17, 15) is 18.0 Å². The second-order valence-electron chi connectivity index (χ2n) is 4.79. The van der Waals surface area contributed by atoms with Crippen molar-refractivity contribution in [2.24, 2.45) is 5.73 Å². The number of benzene rings is 1. The lowest BCUT2D eigenvalue weighted by molar-refractivity contribution is -0.141. The molecule has 0 radical (unpaired) electrons. The molecule has 2 aromatic rings. The summed E-state index contributed by atoms with van der Waals surface area (Å²) in [5, 5.41) is 2.64. The van der Waals surface area contributed by atoms with Gasteiger partial charge in [-0.2, -0.15) is 18.2 Å². The molecule has 0 unspecified atom stereocenters. The summed E-state index contributed by atoms with van der Waals surface area (Å²) in [7, 11) is 0. The predicted octanol–water partition coefficient (Wildman–Crippen LogP) is 3.33. The Hall–Kier alpha value is -2.51. The maximum absolute atomic E-state index is 12.6. The minimum atomic E-state index is -4.56. The molecule has 1 aromatic heterocycles. The molecule has 0 bridgehead atoms. The van der Waals surface area contributed by atoms with Gasteiger partial charge in [0.1, 0.15) is 5.76 Å². The summed E-state index contributed by atoms with van der Waals surface area (Å²) in [4.78, 5) is 14.5. The zero-order valence-electron chi connectivity index (χ0n) is 11.9. The Balaban J connectivity index is 2.16. The summed E-state index contributed by atoms with van der Waals surface area (Å²) in [6.07, 6.45) is -4.56. The Kier molecular flexibility index (Phi) is 4.11. The second kappa shape index (κ2) is 5.70. The third-order valence-corrected chi connectivity index (χ3v) is 3.15. The van der Waals surface area contributed by atoms with Crippen molar-refractivity contribution in [3.8, 4) is 0 Å². The normalized spacial score (nSPS) is 13.0. The van der Waals surface area contributed by atoms with Crippen molar-refractivity contribution in [2.75, 3.05) is 5.32 Å². The van der Waals surface area contributed by atoms with Crippen LogP contribution in [0.25, 0.3) is 0 Å². The molecular formula is C14H14F3N3O2. The second-order valence-corrected chi connectivity index (χ2v) is 4.79. The molecule has 0 saturated carbocycles. The molecule has 5 nitrogen and oxygen atoms in total. The third-order valence-electron chi connectivity index (χ3n) is 3.15. The van der Waals surface area contributed by atoms with Crippen molar-refractivity contribution in [2.45, 2.75) is 25.9 Å². The summed E-state index contributed by atoms with van der Waals surface area (Å²) in [5.74, 6) is -1.22. The zero-order chi connectivity index (χ0) is 16.5. The number of amides is 1. The molecule has 1 atom stereocenters. The van der Waals surface area contributed by atoms with E-state index in [-0.39, 0.29) is 11.8 Å². The number of hydrogen-bond acceptors (Lipinski definition) is 4. The molecule has 3 N–H and O–H groups in total. The lowest BCUT2D eigenvalue weighted by Crippen LogP contribution is -2.18. The van der Waals surface area contributed by atoms with E-state index in [0.29, 0.717) is 11.3 Å². The van der Waals surface area contributed by atoms with Gasteiger partial charge in [-0.25, -0.2) is 0 Å². The Morgan fingerprint density at radius 1 is 1.32 bits per heavy atom.